The largest absolute Gasteiger partial charge is 0.443 e. The summed E-state index contributed by atoms with van der Waals surface area (Å²) >= 11 is 0. The second kappa shape index (κ2) is 12.7. The Morgan fingerprint density at radius 2 is 1.55 bits per heavy atom. The van der Waals surface area contributed by atoms with Crippen molar-refractivity contribution in [2.45, 2.75) is 63.7 Å². The first-order chi connectivity index (χ1) is 23.0. The Kier molecular flexibility index (Phi) is 8.85. The number of hydrogen-bond donors (Lipinski definition) is 0. The minimum absolute atomic E-state index is 0.0181. The standard InChI is InChI=1S/C36H34F6N4O3/c1-34(2,3)49-33(48)46-19-25(30-6-4-5-7-31(30)46)16-29-20-44-18-23(22-10-12-43-13-11-22)8-9-28(44)21-45(29)32(47)24-14-26(35(37,38)39)17-27(15-24)36(40,41)42/h4-8,10-15,17,19,28-29H,9,16,18,20-21H2,1-3H3. The van der Waals surface area contributed by atoms with Gasteiger partial charge in [-0.05, 0) is 86.7 Å². The molecule has 2 atom stereocenters. The zero-order valence-electron chi connectivity index (χ0n) is 27.0. The van der Waals surface area contributed by atoms with Crippen LogP contribution < -0.4 is 0 Å². The Bertz CT molecular complexity index is 1880. The summed E-state index contributed by atoms with van der Waals surface area (Å²) in [6.45, 7) is 6.11. The first-order valence-corrected chi connectivity index (χ1v) is 15.7. The van der Waals surface area contributed by atoms with Gasteiger partial charge in [0.15, 0.2) is 0 Å². The van der Waals surface area contributed by atoms with Gasteiger partial charge < -0.3 is 9.64 Å². The number of carbonyl (C=O) groups is 2. The lowest BCUT2D eigenvalue weighted by molar-refractivity contribution is -0.143. The van der Waals surface area contributed by atoms with Crippen LogP contribution in [0.25, 0.3) is 16.5 Å². The van der Waals surface area contributed by atoms with E-state index in [-0.39, 0.29) is 31.6 Å². The summed E-state index contributed by atoms with van der Waals surface area (Å²) in [7, 11) is 0. The van der Waals surface area contributed by atoms with Crippen molar-refractivity contribution in [2.24, 2.45) is 0 Å². The van der Waals surface area contributed by atoms with E-state index in [9.17, 15) is 35.9 Å². The summed E-state index contributed by atoms with van der Waals surface area (Å²) in [4.78, 5) is 35.0. The fraction of sp³-hybridized carbons (Fsp3) is 0.361. The number of rotatable bonds is 4. The molecule has 1 saturated heterocycles. The topological polar surface area (TPSA) is 67.7 Å². The number of carbonyl (C=O) groups excluding carboxylic acids is 2. The van der Waals surface area contributed by atoms with Gasteiger partial charge in [0.05, 0.1) is 16.6 Å². The Labute approximate surface area is 278 Å². The van der Waals surface area contributed by atoms with E-state index in [1.54, 1.807) is 57.6 Å². The second-order valence-electron chi connectivity index (χ2n) is 13.4. The number of hydrogen-bond acceptors (Lipinski definition) is 5. The summed E-state index contributed by atoms with van der Waals surface area (Å²) < 4.78 is 89.6. The van der Waals surface area contributed by atoms with Gasteiger partial charge in [0.25, 0.3) is 5.91 Å². The number of piperazine rings is 1. The second-order valence-corrected chi connectivity index (χ2v) is 13.4. The number of fused-ring (bicyclic) bond motifs is 2. The third kappa shape index (κ3) is 7.36. The normalized spacial score (nSPS) is 19.0. The van der Waals surface area contributed by atoms with Crippen molar-refractivity contribution >= 4 is 28.5 Å². The van der Waals surface area contributed by atoms with Gasteiger partial charge >= 0.3 is 18.4 Å². The number of nitrogens with zero attached hydrogens (tertiary/aromatic N) is 4. The number of alkyl halides is 6. The molecule has 6 rings (SSSR count). The van der Waals surface area contributed by atoms with Crippen molar-refractivity contribution in [3.8, 4) is 0 Å². The van der Waals surface area contributed by atoms with E-state index in [4.69, 9.17) is 4.74 Å². The molecule has 0 N–H and O–H groups in total. The number of ether oxygens (including phenoxy) is 1. The molecule has 0 spiro atoms. The zero-order valence-corrected chi connectivity index (χ0v) is 27.0. The summed E-state index contributed by atoms with van der Waals surface area (Å²) in [5, 5.41) is 0.706. The van der Waals surface area contributed by atoms with Crippen LogP contribution in [0.5, 0.6) is 0 Å². The van der Waals surface area contributed by atoms with Crippen LogP contribution in [0.2, 0.25) is 0 Å². The molecule has 258 valence electrons. The Balaban J connectivity index is 1.40. The van der Waals surface area contributed by atoms with Crippen LogP contribution in [0, 0.1) is 0 Å². The van der Waals surface area contributed by atoms with E-state index in [0.717, 1.165) is 11.1 Å². The molecular weight excluding hydrogens is 650 g/mol. The van der Waals surface area contributed by atoms with Crippen LogP contribution in [0.15, 0.2) is 79.3 Å². The van der Waals surface area contributed by atoms with Gasteiger partial charge in [-0.2, -0.15) is 26.3 Å². The van der Waals surface area contributed by atoms with Crippen molar-refractivity contribution in [3.05, 3.63) is 107 Å². The maximum absolute atomic E-state index is 14.1. The van der Waals surface area contributed by atoms with Crippen LogP contribution in [0.1, 0.15) is 59.8 Å². The first-order valence-electron chi connectivity index (χ1n) is 15.7. The lowest BCUT2D eigenvalue weighted by Gasteiger charge is -2.48. The molecule has 13 heteroatoms. The molecular formula is C36H34F6N4O3. The predicted molar refractivity (Wildman–Crippen MR) is 171 cm³/mol. The molecule has 49 heavy (non-hydrogen) atoms. The Morgan fingerprint density at radius 3 is 2.18 bits per heavy atom. The van der Waals surface area contributed by atoms with Gasteiger partial charge in [0.2, 0.25) is 0 Å². The highest BCUT2D eigenvalue weighted by atomic mass is 19.4. The van der Waals surface area contributed by atoms with Crippen molar-refractivity contribution in [1.29, 1.82) is 0 Å². The number of benzene rings is 2. The molecule has 2 aromatic carbocycles. The molecule has 7 nitrogen and oxygen atoms in total. The van der Waals surface area contributed by atoms with Crippen molar-refractivity contribution in [3.63, 3.8) is 0 Å². The summed E-state index contributed by atoms with van der Waals surface area (Å²) in [5.74, 6) is -0.930. The molecule has 4 heterocycles. The average Bonchev–Trinajstić information content (AvgIpc) is 3.41. The third-order valence-corrected chi connectivity index (χ3v) is 8.81. The Hall–Kier alpha value is -4.65. The van der Waals surface area contributed by atoms with Gasteiger partial charge in [-0.25, -0.2) is 4.79 Å². The van der Waals surface area contributed by atoms with E-state index >= 15 is 0 Å². The van der Waals surface area contributed by atoms with Crippen molar-refractivity contribution < 1.29 is 40.7 Å². The highest BCUT2D eigenvalue weighted by Gasteiger charge is 2.41. The lowest BCUT2D eigenvalue weighted by Crippen LogP contribution is -2.61. The quantitative estimate of drug-likeness (QED) is 0.204. The summed E-state index contributed by atoms with van der Waals surface area (Å²) in [6, 6.07) is 11.0. The fourth-order valence-corrected chi connectivity index (χ4v) is 6.56. The van der Waals surface area contributed by atoms with E-state index in [0.29, 0.717) is 41.6 Å². The van der Waals surface area contributed by atoms with Crippen LogP contribution in [-0.2, 0) is 23.5 Å². The molecule has 0 bridgehead atoms. The minimum atomic E-state index is -5.10. The van der Waals surface area contributed by atoms with Gasteiger partial charge in [-0.3, -0.25) is 19.2 Å². The van der Waals surface area contributed by atoms with Crippen LogP contribution in [0.3, 0.4) is 0 Å². The number of halogens is 6. The predicted octanol–water partition coefficient (Wildman–Crippen LogP) is 8.08. The van der Waals surface area contributed by atoms with E-state index in [1.807, 2.05) is 24.3 Å². The highest BCUT2D eigenvalue weighted by Crippen LogP contribution is 2.38. The SMILES string of the molecule is CC(C)(C)OC(=O)n1cc(CC2CN3CC(c4ccncc4)=CCC3CN2C(=O)c2cc(C(F)(F)F)cc(C(F)(F)F)c2)c2ccccc21. The fourth-order valence-electron chi connectivity index (χ4n) is 6.56. The average molecular weight is 685 g/mol. The number of pyridine rings is 1. The summed E-state index contributed by atoms with van der Waals surface area (Å²) in [5.41, 5.74) is -1.32. The molecule has 0 saturated carbocycles. The number of para-hydroxylation sites is 1. The molecule has 2 aromatic heterocycles. The molecule has 4 aromatic rings. The van der Waals surface area contributed by atoms with Gasteiger partial charge in [0, 0.05) is 61.3 Å². The number of aromatic nitrogens is 2. The minimum Gasteiger partial charge on any atom is -0.443 e. The maximum Gasteiger partial charge on any atom is 0.419 e. The maximum atomic E-state index is 14.1. The van der Waals surface area contributed by atoms with Gasteiger partial charge in [-0.15, -0.1) is 0 Å². The van der Waals surface area contributed by atoms with Crippen LogP contribution in [0.4, 0.5) is 31.1 Å². The molecule has 2 unspecified atom stereocenters. The molecule has 2 aliphatic heterocycles. The van der Waals surface area contributed by atoms with E-state index < -0.39 is 52.7 Å². The van der Waals surface area contributed by atoms with Crippen LogP contribution >= 0.6 is 0 Å². The summed E-state index contributed by atoms with van der Waals surface area (Å²) in [6.07, 6.45) is -3.09. The van der Waals surface area contributed by atoms with Crippen molar-refractivity contribution in [2.75, 3.05) is 19.6 Å². The van der Waals surface area contributed by atoms with Gasteiger partial charge in [-0.1, -0.05) is 24.3 Å². The molecule has 0 aliphatic carbocycles. The highest BCUT2D eigenvalue weighted by molar-refractivity contribution is 5.95. The molecule has 1 fully saturated rings. The Morgan fingerprint density at radius 1 is 0.898 bits per heavy atom. The molecule has 0 radical (unpaired) electrons. The van der Waals surface area contributed by atoms with Crippen molar-refractivity contribution in [1.82, 2.24) is 19.4 Å². The number of amides is 1. The molecule has 2 aliphatic rings. The smallest absolute Gasteiger partial charge is 0.419 e. The third-order valence-electron chi connectivity index (χ3n) is 8.81. The van der Waals surface area contributed by atoms with E-state index in [1.165, 1.54) is 9.47 Å². The lowest BCUT2D eigenvalue weighted by atomic mass is 9.91. The monoisotopic (exact) mass is 684 g/mol. The van der Waals surface area contributed by atoms with E-state index in [2.05, 4.69) is 9.88 Å². The van der Waals surface area contributed by atoms with Gasteiger partial charge in [0.1, 0.15) is 5.60 Å². The van der Waals surface area contributed by atoms with Crippen LogP contribution in [-0.4, -0.2) is 68.7 Å². The first kappa shape index (κ1) is 34.2. The molecule has 1 amide bonds. The zero-order chi connectivity index (χ0) is 35.3.